The van der Waals surface area contributed by atoms with Crippen LogP contribution in [0.15, 0.2) is 35.7 Å². The number of hydrogen-bond donors (Lipinski definition) is 2. The van der Waals surface area contributed by atoms with E-state index in [0.29, 0.717) is 5.56 Å². The Hall–Kier alpha value is -1.83. The summed E-state index contributed by atoms with van der Waals surface area (Å²) in [4.78, 5) is 13.3. The summed E-state index contributed by atoms with van der Waals surface area (Å²) in [5.74, 6) is 0.0298. The predicted molar refractivity (Wildman–Crippen MR) is 90.7 cm³/mol. The Morgan fingerprint density at radius 3 is 2.87 bits per heavy atom. The number of aliphatic hydroxyl groups is 1. The Balaban J connectivity index is 1.51. The summed E-state index contributed by atoms with van der Waals surface area (Å²) in [5.41, 5.74) is 1.09. The van der Waals surface area contributed by atoms with Crippen molar-refractivity contribution >= 4 is 40.0 Å². The van der Waals surface area contributed by atoms with Crippen LogP contribution in [0.5, 0.6) is 0 Å². The van der Waals surface area contributed by atoms with Crippen molar-refractivity contribution in [1.29, 1.82) is 0 Å². The van der Waals surface area contributed by atoms with Crippen molar-refractivity contribution in [3.63, 3.8) is 0 Å². The molecule has 118 valence electrons. The molecular formula is C16H15N3O2S2. The average Bonchev–Trinajstić information content (AvgIpc) is 3.10. The third-order valence-electron chi connectivity index (χ3n) is 4.23. The molecule has 2 aromatic heterocycles. The van der Waals surface area contributed by atoms with Crippen LogP contribution >= 0.6 is 23.1 Å². The number of amides is 1. The van der Waals surface area contributed by atoms with E-state index in [9.17, 15) is 9.90 Å². The lowest BCUT2D eigenvalue weighted by Gasteiger charge is -2.27. The topological polar surface area (TPSA) is 75.1 Å². The SMILES string of the molecule is O=C(NC[C@@](O)(c1cccs1)C1CC1)c1ccc2nsnc2c1. The fourth-order valence-electron chi connectivity index (χ4n) is 2.76. The summed E-state index contributed by atoms with van der Waals surface area (Å²) in [6.07, 6.45) is 2.00. The normalized spacial score (nSPS) is 17.1. The van der Waals surface area contributed by atoms with Crippen molar-refractivity contribution < 1.29 is 9.90 Å². The second kappa shape index (κ2) is 5.67. The Kier molecular flexibility index (Phi) is 3.63. The highest BCUT2D eigenvalue weighted by Crippen LogP contribution is 2.46. The zero-order valence-electron chi connectivity index (χ0n) is 12.2. The van der Waals surface area contributed by atoms with Crippen LogP contribution in [0, 0.1) is 5.92 Å². The number of nitrogens with zero attached hydrogens (tertiary/aromatic N) is 2. The molecule has 0 aliphatic heterocycles. The van der Waals surface area contributed by atoms with Gasteiger partial charge in [-0.05, 0) is 48.4 Å². The number of carbonyl (C=O) groups is 1. The molecule has 1 aliphatic rings. The summed E-state index contributed by atoms with van der Waals surface area (Å²) < 4.78 is 8.28. The molecule has 1 fully saturated rings. The number of nitrogens with one attached hydrogen (secondary N) is 1. The van der Waals surface area contributed by atoms with E-state index < -0.39 is 5.60 Å². The molecule has 7 heteroatoms. The number of fused-ring (bicyclic) bond motifs is 1. The highest BCUT2D eigenvalue weighted by Gasteiger charge is 2.45. The zero-order chi connectivity index (χ0) is 15.9. The van der Waals surface area contributed by atoms with E-state index in [4.69, 9.17) is 0 Å². The van der Waals surface area contributed by atoms with Gasteiger partial charge in [0.2, 0.25) is 0 Å². The highest BCUT2D eigenvalue weighted by molar-refractivity contribution is 7.10. The van der Waals surface area contributed by atoms with Gasteiger partial charge in [0.1, 0.15) is 16.6 Å². The monoisotopic (exact) mass is 345 g/mol. The number of aromatic nitrogens is 2. The van der Waals surface area contributed by atoms with Gasteiger partial charge in [0.25, 0.3) is 5.91 Å². The maximum atomic E-state index is 12.4. The van der Waals surface area contributed by atoms with E-state index in [0.717, 1.165) is 40.5 Å². The lowest BCUT2D eigenvalue weighted by atomic mass is 9.95. The molecule has 0 unspecified atom stereocenters. The summed E-state index contributed by atoms with van der Waals surface area (Å²) in [5, 5.41) is 15.9. The molecule has 0 bridgehead atoms. The molecule has 5 nitrogen and oxygen atoms in total. The molecule has 1 amide bonds. The van der Waals surface area contributed by atoms with E-state index in [-0.39, 0.29) is 18.4 Å². The summed E-state index contributed by atoms with van der Waals surface area (Å²) in [6.45, 7) is 0.227. The van der Waals surface area contributed by atoms with Crippen LogP contribution in [0.2, 0.25) is 0 Å². The van der Waals surface area contributed by atoms with Crippen LogP contribution in [0.3, 0.4) is 0 Å². The molecular weight excluding hydrogens is 330 g/mol. The van der Waals surface area contributed by atoms with E-state index in [2.05, 4.69) is 14.1 Å². The minimum atomic E-state index is -0.962. The van der Waals surface area contributed by atoms with Gasteiger partial charge in [0.05, 0.1) is 18.3 Å². The minimum absolute atomic E-state index is 0.199. The maximum Gasteiger partial charge on any atom is 0.251 e. The first kappa shape index (κ1) is 14.7. The van der Waals surface area contributed by atoms with Crippen molar-refractivity contribution in [2.75, 3.05) is 6.54 Å². The van der Waals surface area contributed by atoms with Gasteiger partial charge in [-0.15, -0.1) is 11.3 Å². The number of carbonyl (C=O) groups excluding carboxylic acids is 1. The number of benzene rings is 1. The van der Waals surface area contributed by atoms with Gasteiger partial charge in [-0.2, -0.15) is 8.75 Å². The van der Waals surface area contributed by atoms with Gasteiger partial charge in [-0.3, -0.25) is 4.79 Å². The second-order valence-electron chi connectivity index (χ2n) is 5.83. The van der Waals surface area contributed by atoms with Crippen molar-refractivity contribution in [2.24, 2.45) is 5.92 Å². The Morgan fingerprint density at radius 1 is 1.30 bits per heavy atom. The maximum absolute atomic E-state index is 12.4. The van der Waals surface area contributed by atoms with Crippen LogP contribution in [-0.2, 0) is 5.60 Å². The molecule has 0 spiro atoms. The van der Waals surface area contributed by atoms with Crippen LogP contribution < -0.4 is 5.32 Å². The van der Waals surface area contributed by atoms with Crippen LogP contribution in [0.1, 0.15) is 28.1 Å². The Bertz CT molecular complexity index is 842. The molecule has 0 saturated heterocycles. The number of hydrogen-bond acceptors (Lipinski definition) is 6. The van der Waals surface area contributed by atoms with Gasteiger partial charge in [0.15, 0.2) is 0 Å². The molecule has 1 aromatic carbocycles. The second-order valence-corrected chi connectivity index (χ2v) is 7.30. The van der Waals surface area contributed by atoms with E-state index in [1.807, 2.05) is 17.5 Å². The fourth-order valence-corrected chi connectivity index (χ4v) is 4.18. The van der Waals surface area contributed by atoms with E-state index in [1.165, 1.54) is 11.3 Å². The van der Waals surface area contributed by atoms with E-state index >= 15 is 0 Å². The first-order chi connectivity index (χ1) is 11.2. The molecule has 1 aliphatic carbocycles. The Labute approximate surface area is 141 Å². The minimum Gasteiger partial charge on any atom is -0.382 e. The smallest absolute Gasteiger partial charge is 0.251 e. The summed E-state index contributed by atoms with van der Waals surface area (Å²) >= 11 is 2.66. The highest BCUT2D eigenvalue weighted by atomic mass is 32.1. The van der Waals surface area contributed by atoms with Crippen LogP contribution in [-0.4, -0.2) is 26.3 Å². The van der Waals surface area contributed by atoms with Crippen molar-refractivity contribution in [2.45, 2.75) is 18.4 Å². The van der Waals surface area contributed by atoms with E-state index in [1.54, 1.807) is 18.2 Å². The molecule has 4 rings (SSSR count). The molecule has 3 aromatic rings. The van der Waals surface area contributed by atoms with Crippen molar-refractivity contribution in [3.05, 3.63) is 46.2 Å². The fraction of sp³-hybridized carbons (Fsp3) is 0.312. The first-order valence-corrected chi connectivity index (χ1v) is 9.05. The first-order valence-electron chi connectivity index (χ1n) is 7.44. The molecule has 0 radical (unpaired) electrons. The largest absolute Gasteiger partial charge is 0.382 e. The summed E-state index contributed by atoms with van der Waals surface area (Å²) in [6, 6.07) is 9.12. The summed E-state index contributed by atoms with van der Waals surface area (Å²) in [7, 11) is 0. The van der Waals surface area contributed by atoms with Crippen molar-refractivity contribution in [1.82, 2.24) is 14.1 Å². The molecule has 2 heterocycles. The number of rotatable bonds is 5. The van der Waals surface area contributed by atoms with Crippen molar-refractivity contribution in [3.8, 4) is 0 Å². The van der Waals surface area contributed by atoms with Gasteiger partial charge in [0, 0.05) is 10.4 Å². The lowest BCUT2D eigenvalue weighted by Crippen LogP contribution is -2.42. The van der Waals surface area contributed by atoms with Gasteiger partial charge < -0.3 is 10.4 Å². The molecule has 1 saturated carbocycles. The van der Waals surface area contributed by atoms with Gasteiger partial charge in [-0.25, -0.2) is 0 Å². The third-order valence-corrected chi connectivity index (χ3v) is 5.83. The molecule has 2 N–H and O–H groups in total. The Morgan fingerprint density at radius 2 is 2.13 bits per heavy atom. The zero-order valence-corrected chi connectivity index (χ0v) is 13.9. The number of thiophene rings is 1. The quantitative estimate of drug-likeness (QED) is 0.746. The molecule has 23 heavy (non-hydrogen) atoms. The van der Waals surface area contributed by atoms with Crippen LogP contribution in [0.25, 0.3) is 11.0 Å². The van der Waals surface area contributed by atoms with Crippen LogP contribution in [0.4, 0.5) is 0 Å². The average molecular weight is 345 g/mol. The predicted octanol–water partition coefficient (Wildman–Crippen LogP) is 2.78. The third kappa shape index (κ3) is 2.75. The van der Waals surface area contributed by atoms with Gasteiger partial charge in [-0.1, -0.05) is 6.07 Å². The molecule has 1 atom stereocenters. The lowest BCUT2D eigenvalue weighted by molar-refractivity contribution is 0.0169. The van der Waals surface area contributed by atoms with Gasteiger partial charge >= 0.3 is 0 Å². The standard InChI is InChI=1S/C16H15N3O2S2/c20-15(10-3-6-12-13(8-10)19-23-18-12)17-9-16(21,11-4-5-11)14-2-1-7-22-14/h1-3,6-8,11,21H,4-5,9H2,(H,17,20)/t16-/m0/s1.